The van der Waals surface area contributed by atoms with Gasteiger partial charge in [0.05, 0.1) is 5.69 Å². The van der Waals surface area contributed by atoms with E-state index in [4.69, 9.17) is 9.47 Å². The lowest BCUT2D eigenvalue weighted by atomic mass is 10.0. The number of anilines is 1. The van der Waals surface area contributed by atoms with Crippen molar-refractivity contribution in [2.45, 2.75) is 26.3 Å². The van der Waals surface area contributed by atoms with E-state index in [9.17, 15) is 4.79 Å². The minimum atomic E-state index is -0.252. The molecule has 3 aromatic rings. The molecule has 27 heavy (non-hydrogen) atoms. The normalized spacial score (nSPS) is 13.7. The molecule has 1 aromatic carbocycles. The summed E-state index contributed by atoms with van der Waals surface area (Å²) in [7, 11) is 0. The summed E-state index contributed by atoms with van der Waals surface area (Å²) in [6.45, 7) is 4.48. The SMILES string of the molecule is CC(C)C[C@H](C(=O)Nc1nc(-c2ccc3c(c2)OCO3)cs1)n1cccc1. The Balaban J connectivity index is 1.50. The van der Waals surface area contributed by atoms with Gasteiger partial charge in [0.25, 0.3) is 0 Å². The van der Waals surface area contributed by atoms with Gasteiger partial charge < -0.3 is 19.4 Å². The summed E-state index contributed by atoms with van der Waals surface area (Å²) >= 11 is 1.42. The van der Waals surface area contributed by atoms with Crippen molar-refractivity contribution >= 4 is 22.4 Å². The van der Waals surface area contributed by atoms with Crippen LogP contribution >= 0.6 is 11.3 Å². The Morgan fingerprint density at radius 1 is 1.26 bits per heavy atom. The molecule has 0 fully saturated rings. The van der Waals surface area contributed by atoms with Gasteiger partial charge in [-0.05, 0) is 42.7 Å². The van der Waals surface area contributed by atoms with E-state index in [2.05, 4.69) is 24.1 Å². The molecule has 1 N–H and O–H groups in total. The Labute approximate surface area is 161 Å². The van der Waals surface area contributed by atoms with Crippen LogP contribution in [0.15, 0.2) is 48.1 Å². The highest BCUT2D eigenvalue weighted by Crippen LogP contribution is 2.36. The lowest BCUT2D eigenvalue weighted by Gasteiger charge is -2.19. The summed E-state index contributed by atoms with van der Waals surface area (Å²) in [4.78, 5) is 17.4. The van der Waals surface area contributed by atoms with Gasteiger partial charge in [-0.3, -0.25) is 4.79 Å². The van der Waals surface area contributed by atoms with Gasteiger partial charge in [0.15, 0.2) is 16.6 Å². The minimum absolute atomic E-state index is 0.0495. The van der Waals surface area contributed by atoms with Crippen LogP contribution in [0, 0.1) is 5.92 Å². The largest absolute Gasteiger partial charge is 0.454 e. The first-order valence-electron chi connectivity index (χ1n) is 8.89. The van der Waals surface area contributed by atoms with Crippen LogP contribution in [0.1, 0.15) is 26.3 Å². The van der Waals surface area contributed by atoms with Gasteiger partial charge in [0.1, 0.15) is 6.04 Å². The number of hydrogen-bond acceptors (Lipinski definition) is 5. The second-order valence-electron chi connectivity index (χ2n) is 6.87. The average molecular weight is 383 g/mol. The minimum Gasteiger partial charge on any atom is -0.454 e. The third-order valence-corrected chi connectivity index (χ3v) is 5.15. The second-order valence-corrected chi connectivity index (χ2v) is 7.73. The van der Waals surface area contributed by atoms with E-state index in [0.29, 0.717) is 11.0 Å². The molecule has 0 bridgehead atoms. The van der Waals surface area contributed by atoms with Gasteiger partial charge in [-0.15, -0.1) is 11.3 Å². The van der Waals surface area contributed by atoms with Crippen molar-refractivity contribution in [2.75, 3.05) is 12.1 Å². The molecule has 1 aliphatic heterocycles. The van der Waals surface area contributed by atoms with Crippen LogP contribution in [-0.4, -0.2) is 22.3 Å². The van der Waals surface area contributed by atoms with Crippen LogP contribution in [0.2, 0.25) is 0 Å². The molecular formula is C20H21N3O3S. The zero-order valence-corrected chi connectivity index (χ0v) is 16.0. The molecule has 0 unspecified atom stereocenters. The predicted molar refractivity (Wildman–Crippen MR) is 105 cm³/mol. The molecule has 0 radical (unpaired) electrons. The third kappa shape index (κ3) is 3.83. The van der Waals surface area contributed by atoms with Gasteiger partial charge in [-0.1, -0.05) is 13.8 Å². The van der Waals surface area contributed by atoms with Crippen LogP contribution in [0.3, 0.4) is 0 Å². The van der Waals surface area contributed by atoms with Crippen LogP contribution < -0.4 is 14.8 Å². The van der Waals surface area contributed by atoms with Crippen molar-refractivity contribution in [1.29, 1.82) is 0 Å². The van der Waals surface area contributed by atoms with E-state index < -0.39 is 0 Å². The molecule has 2 aromatic heterocycles. The topological polar surface area (TPSA) is 65.4 Å². The Hall–Kier alpha value is -2.80. The van der Waals surface area contributed by atoms with Crippen molar-refractivity contribution in [2.24, 2.45) is 5.92 Å². The molecule has 1 atom stereocenters. The Morgan fingerprint density at radius 3 is 2.81 bits per heavy atom. The Kier molecular flexibility index (Phi) is 4.85. The highest BCUT2D eigenvalue weighted by atomic mass is 32.1. The van der Waals surface area contributed by atoms with Crippen LogP contribution in [-0.2, 0) is 4.79 Å². The van der Waals surface area contributed by atoms with Gasteiger partial charge in [-0.25, -0.2) is 4.98 Å². The van der Waals surface area contributed by atoms with E-state index in [0.717, 1.165) is 29.2 Å². The number of rotatable bonds is 6. The van der Waals surface area contributed by atoms with E-state index >= 15 is 0 Å². The van der Waals surface area contributed by atoms with Crippen molar-refractivity contribution in [3.63, 3.8) is 0 Å². The molecule has 0 aliphatic carbocycles. The predicted octanol–water partition coefficient (Wildman–Crippen LogP) is 4.57. The fourth-order valence-electron chi connectivity index (χ4n) is 3.07. The highest BCUT2D eigenvalue weighted by molar-refractivity contribution is 7.14. The van der Waals surface area contributed by atoms with E-state index in [1.54, 1.807) is 0 Å². The molecule has 3 heterocycles. The summed E-state index contributed by atoms with van der Waals surface area (Å²) in [5.74, 6) is 1.82. The standard InChI is InChI=1S/C20H21N3O3S/c1-13(2)9-16(23-7-3-4-8-23)19(24)22-20-21-15(11-27-20)14-5-6-17-18(10-14)26-12-25-17/h3-8,10-11,13,16H,9,12H2,1-2H3,(H,21,22,24)/t16-/m1/s1. The Morgan fingerprint density at radius 2 is 2.04 bits per heavy atom. The van der Waals surface area contributed by atoms with Crippen LogP contribution in [0.25, 0.3) is 11.3 Å². The first-order valence-corrected chi connectivity index (χ1v) is 9.77. The molecule has 1 aliphatic rings. The monoisotopic (exact) mass is 383 g/mol. The van der Waals surface area contributed by atoms with Crippen LogP contribution in [0.4, 0.5) is 5.13 Å². The number of thiazole rings is 1. The van der Waals surface area contributed by atoms with Gasteiger partial charge in [0.2, 0.25) is 12.7 Å². The zero-order chi connectivity index (χ0) is 18.8. The van der Waals surface area contributed by atoms with E-state index in [1.165, 1.54) is 11.3 Å². The van der Waals surface area contributed by atoms with Gasteiger partial charge in [-0.2, -0.15) is 0 Å². The number of ether oxygens (including phenoxy) is 2. The molecule has 0 saturated carbocycles. The molecule has 1 amide bonds. The van der Waals surface area contributed by atoms with Crippen molar-refractivity contribution in [1.82, 2.24) is 9.55 Å². The first-order chi connectivity index (χ1) is 13.1. The third-order valence-electron chi connectivity index (χ3n) is 4.39. The lowest BCUT2D eigenvalue weighted by molar-refractivity contribution is -0.119. The van der Waals surface area contributed by atoms with Crippen LogP contribution in [0.5, 0.6) is 11.5 Å². The highest BCUT2D eigenvalue weighted by Gasteiger charge is 2.22. The zero-order valence-electron chi connectivity index (χ0n) is 15.2. The number of amides is 1. The first kappa shape index (κ1) is 17.6. The number of aromatic nitrogens is 2. The molecule has 140 valence electrons. The maximum absolute atomic E-state index is 12.8. The summed E-state index contributed by atoms with van der Waals surface area (Å²) in [5.41, 5.74) is 1.73. The quantitative estimate of drug-likeness (QED) is 0.677. The molecule has 0 spiro atoms. The average Bonchev–Trinajstić information content (AvgIpc) is 3.39. The summed E-state index contributed by atoms with van der Waals surface area (Å²) in [6.07, 6.45) is 4.61. The molecule has 7 heteroatoms. The fraction of sp³-hybridized carbons (Fsp3) is 0.300. The van der Waals surface area contributed by atoms with Crippen molar-refractivity contribution in [3.8, 4) is 22.8 Å². The number of nitrogens with zero attached hydrogens (tertiary/aromatic N) is 2. The summed E-state index contributed by atoms with van der Waals surface area (Å²) < 4.78 is 12.7. The maximum atomic E-state index is 12.8. The van der Waals surface area contributed by atoms with Gasteiger partial charge >= 0.3 is 0 Å². The molecular weight excluding hydrogens is 362 g/mol. The Bertz CT molecular complexity index is 934. The van der Waals surface area contributed by atoms with Crippen molar-refractivity contribution < 1.29 is 14.3 Å². The fourth-order valence-corrected chi connectivity index (χ4v) is 3.80. The van der Waals surface area contributed by atoms with E-state index in [1.807, 2.05) is 52.7 Å². The number of carbonyl (C=O) groups is 1. The number of fused-ring (bicyclic) bond motifs is 1. The van der Waals surface area contributed by atoms with Crippen molar-refractivity contribution in [3.05, 3.63) is 48.1 Å². The van der Waals surface area contributed by atoms with E-state index in [-0.39, 0.29) is 18.7 Å². The summed E-state index contributed by atoms with van der Waals surface area (Å²) in [6, 6.07) is 9.33. The summed E-state index contributed by atoms with van der Waals surface area (Å²) in [5, 5.41) is 5.49. The maximum Gasteiger partial charge on any atom is 0.249 e. The molecule has 6 nitrogen and oxygen atoms in total. The van der Waals surface area contributed by atoms with Gasteiger partial charge in [0, 0.05) is 23.3 Å². The number of nitrogens with one attached hydrogen (secondary N) is 1. The number of hydrogen-bond donors (Lipinski definition) is 1. The second kappa shape index (κ2) is 7.44. The number of benzene rings is 1. The smallest absolute Gasteiger partial charge is 0.249 e. The number of carbonyl (C=O) groups excluding carboxylic acids is 1. The molecule has 0 saturated heterocycles. The molecule has 4 rings (SSSR count). The lowest BCUT2D eigenvalue weighted by Crippen LogP contribution is -2.26.